The predicted molar refractivity (Wildman–Crippen MR) is 226 cm³/mol. The Morgan fingerprint density at radius 1 is 0.377 bits per heavy atom. The topological polar surface area (TPSA) is 17.0 Å². The molecule has 0 radical (unpaired) electrons. The standard InChI is InChI=1S/C51H40N2/c1-34-27-35(2)51(36(3)28-34)53-49-22-14-13-21-45(49)47-33-41(24-26-50(47)53)40-23-25-48(46(32-40)39-19-11-6-12-20-39)52-44-30-42(37-15-7-4-8-16-37)29-43(31-44)38-17-9-5-10-18-38/h4-33,52H,1-3H3. The maximum atomic E-state index is 3.86. The minimum absolute atomic E-state index is 1.05. The fourth-order valence-electron chi connectivity index (χ4n) is 8.06. The summed E-state index contributed by atoms with van der Waals surface area (Å²) < 4.78 is 2.45. The van der Waals surface area contributed by atoms with E-state index in [0.29, 0.717) is 0 Å². The molecule has 0 spiro atoms. The third-order valence-electron chi connectivity index (χ3n) is 10.4. The molecule has 1 heterocycles. The largest absolute Gasteiger partial charge is 0.355 e. The number of benzene rings is 8. The molecule has 53 heavy (non-hydrogen) atoms. The molecule has 0 aliphatic heterocycles. The second-order valence-corrected chi connectivity index (χ2v) is 14.1. The first-order chi connectivity index (χ1) is 26.0. The summed E-state index contributed by atoms with van der Waals surface area (Å²) in [4.78, 5) is 0. The number of rotatable bonds is 7. The van der Waals surface area contributed by atoms with Crippen LogP contribution in [0.1, 0.15) is 16.7 Å². The molecule has 0 unspecified atom stereocenters. The molecule has 0 bridgehead atoms. The van der Waals surface area contributed by atoms with Crippen molar-refractivity contribution in [1.29, 1.82) is 0 Å². The van der Waals surface area contributed by atoms with Crippen molar-refractivity contribution in [3.8, 4) is 50.2 Å². The van der Waals surface area contributed by atoms with E-state index < -0.39 is 0 Å². The van der Waals surface area contributed by atoms with Crippen molar-refractivity contribution in [3.05, 3.63) is 199 Å². The van der Waals surface area contributed by atoms with Crippen LogP contribution in [0.4, 0.5) is 11.4 Å². The Bertz CT molecular complexity index is 2680. The molecule has 0 aliphatic carbocycles. The second-order valence-electron chi connectivity index (χ2n) is 14.1. The highest BCUT2D eigenvalue weighted by atomic mass is 15.0. The molecule has 0 atom stereocenters. The molecule has 8 aromatic carbocycles. The minimum atomic E-state index is 1.05. The van der Waals surface area contributed by atoms with Gasteiger partial charge in [-0.1, -0.05) is 139 Å². The number of aryl methyl sites for hydroxylation is 3. The molecule has 0 saturated carbocycles. The monoisotopic (exact) mass is 680 g/mol. The zero-order chi connectivity index (χ0) is 35.9. The summed E-state index contributed by atoms with van der Waals surface area (Å²) >= 11 is 0. The first-order valence-electron chi connectivity index (χ1n) is 18.3. The van der Waals surface area contributed by atoms with Crippen molar-refractivity contribution in [3.63, 3.8) is 0 Å². The van der Waals surface area contributed by atoms with Crippen LogP contribution in [0.3, 0.4) is 0 Å². The van der Waals surface area contributed by atoms with Gasteiger partial charge in [-0.2, -0.15) is 0 Å². The van der Waals surface area contributed by atoms with Crippen LogP contribution in [0.2, 0.25) is 0 Å². The van der Waals surface area contributed by atoms with E-state index in [9.17, 15) is 0 Å². The Balaban J connectivity index is 1.17. The normalized spacial score (nSPS) is 11.3. The highest BCUT2D eigenvalue weighted by molar-refractivity contribution is 6.10. The van der Waals surface area contributed by atoms with Gasteiger partial charge in [-0.15, -0.1) is 0 Å². The Labute approximate surface area is 311 Å². The minimum Gasteiger partial charge on any atom is -0.355 e. The van der Waals surface area contributed by atoms with E-state index in [1.807, 2.05) is 0 Å². The summed E-state index contributed by atoms with van der Waals surface area (Å²) in [5, 5.41) is 6.37. The van der Waals surface area contributed by atoms with Gasteiger partial charge < -0.3 is 9.88 Å². The molecule has 9 rings (SSSR count). The van der Waals surface area contributed by atoms with Gasteiger partial charge in [-0.05, 0) is 119 Å². The average molecular weight is 681 g/mol. The van der Waals surface area contributed by atoms with Gasteiger partial charge in [0.15, 0.2) is 0 Å². The van der Waals surface area contributed by atoms with Gasteiger partial charge in [0.2, 0.25) is 0 Å². The van der Waals surface area contributed by atoms with Crippen molar-refractivity contribution in [1.82, 2.24) is 4.57 Å². The number of aromatic nitrogens is 1. The molecule has 0 saturated heterocycles. The van der Waals surface area contributed by atoms with Crippen LogP contribution in [0.15, 0.2) is 182 Å². The molecule has 0 aliphatic rings. The highest BCUT2D eigenvalue weighted by Crippen LogP contribution is 2.40. The van der Waals surface area contributed by atoms with Gasteiger partial charge in [0.05, 0.1) is 16.7 Å². The van der Waals surface area contributed by atoms with E-state index in [4.69, 9.17) is 0 Å². The molecule has 1 N–H and O–H groups in total. The van der Waals surface area contributed by atoms with E-state index in [2.05, 4.69) is 213 Å². The lowest BCUT2D eigenvalue weighted by molar-refractivity contribution is 1.11. The Morgan fingerprint density at radius 2 is 0.906 bits per heavy atom. The Hall–Kier alpha value is -6.64. The predicted octanol–water partition coefficient (Wildman–Crippen LogP) is 14.1. The first-order valence-corrected chi connectivity index (χ1v) is 18.3. The molecule has 2 heteroatoms. The zero-order valence-electron chi connectivity index (χ0n) is 30.3. The molecule has 2 nitrogen and oxygen atoms in total. The van der Waals surface area contributed by atoms with Gasteiger partial charge >= 0.3 is 0 Å². The molecule has 0 fully saturated rings. The fraction of sp³-hybridized carbons (Fsp3) is 0.0588. The summed E-state index contributed by atoms with van der Waals surface area (Å²) in [7, 11) is 0. The molecular weight excluding hydrogens is 641 g/mol. The van der Waals surface area contributed by atoms with E-state index in [1.54, 1.807) is 0 Å². The molecule has 9 aromatic rings. The number of hydrogen-bond donors (Lipinski definition) is 1. The summed E-state index contributed by atoms with van der Waals surface area (Å²) in [6.45, 7) is 6.63. The molecule has 1 aromatic heterocycles. The average Bonchev–Trinajstić information content (AvgIpc) is 3.52. The molecule has 254 valence electrons. The van der Waals surface area contributed by atoms with Crippen LogP contribution < -0.4 is 5.32 Å². The second kappa shape index (κ2) is 13.5. The maximum Gasteiger partial charge on any atom is 0.0541 e. The number of nitrogens with one attached hydrogen (secondary N) is 1. The van der Waals surface area contributed by atoms with E-state index in [0.717, 1.165) is 16.9 Å². The van der Waals surface area contributed by atoms with Crippen molar-refractivity contribution >= 4 is 33.2 Å². The molecule has 0 amide bonds. The van der Waals surface area contributed by atoms with E-state index >= 15 is 0 Å². The van der Waals surface area contributed by atoms with Gasteiger partial charge in [-0.25, -0.2) is 0 Å². The van der Waals surface area contributed by atoms with Gasteiger partial charge in [0, 0.05) is 27.7 Å². The van der Waals surface area contributed by atoms with Crippen LogP contribution in [-0.2, 0) is 0 Å². The summed E-state index contributed by atoms with van der Waals surface area (Å²) in [6, 6.07) is 65.9. The zero-order valence-corrected chi connectivity index (χ0v) is 30.3. The summed E-state index contributed by atoms with van der Waals surface area (Å²) in [5.41, 5.74) is 19.1. The molecular formula is C51H40N2. The SMILES string of the molecule is Cc1cc(C)c(-n2c3ccccc3c3cc(-c4ccc(Nc5cc(-c6ccccc6)cc(-c6ccccc6)c5)c(-c5ccccc5)c4)ccc32)c(C)c1. The van der Waals surface area contributed by atoms with E-state index in [1.165, 1.54) is 83.1 Å². The van der Waals surface area contributed by atoms with Gasteiger partial charge in [-0.3, -0.25) is 0 Å². The highest BCUT2D eigenvalue weighted by Gasteiger charge is 2.17. The summed E-state index contributed by atoms with van der Waals surface area (Å²) in [5.74, 6) is 0. The van der Waals surface area contributed by atoms with Gasteiger partial charge in [0.25, 0.3) is 0 Å². The lowest BCUT2D eigenvalue weighted by Crippen LogP contribution is -2.00. The van der Waals surface area contributed by atoms with Crippen molar-refractivity contribution in [2.24, 2.45) is 0 Å². The summed E-state index contributed by atoms with van der Waals surface area (Å²) in [6.07, 6.45) is 0. The quantitative estimate of drug-likeness (QED) is 0.177. The van der Waals surface area contributed by atoms with Crippen LogP contribution in [0.5, 0.6) is 0 Å². The van der Waals surface area contributed by atoms with Crippen LogP contribution in [-0.4, -0.2) is 4.57 Å². The van der Waals surface area contributed by atoms with Crippen molar-refractivity contribution in [2.75, 3.05) is 5.32 Å². The fourth-order valence-corrected chi connectivity index (χ4v) is 8.06. The number of fused-ring (bicyclic) bond motifs is 3. The van der Waals surface area contributed by atoms with Crippen LogP contribution in [0.25, 0.3) is 72.0 Å². The third-order valence-corrected chi connectivity index (χ3v) is 10.4. The maximum absolute atomic E-state index is 3.86. The Morgan fingerprint density at radius 3 is 1.55 bits per heavy atom. The van der Waals surface area contributed by atoms with Crippen LogP contribution >= 0.6 is 0 Å². The van der Waals surface area contributed by atoms with Crippen molar-refractivity contribution < 1.29 is 0 Å². The number of hydrogen-bond acceptors (Lipinski definition) is 1. The van der Waals surface area contributed by atoms with Gasteiger partial charge in [0.1, 0.15) is 0 Å². The smallest absolute Gasteiger partial charge is 0.0541 e. The van der Waals surface area contributed by atoms with Crippen LogP contribution in [0, 0.1) is 20.8 Å². The van der Waals surface area contributed by atoms with E-state index in [-0.39, 0.29) is 0 Å². The van der Waals surface area contributed by atoms with Crippen molar-refractivity contribution in [2.45, 2.75) is 20.8 Å². The lowest BCUT2D eigenvalue weighted by atomic mass is 9.95. The number of nitrogens with zero attached hydrogens (tertiary/aromatic N) is 1. The number of anilines is 2. The lowest BCUT2D eigenvalue weighted by Gasteiger charge is -2.17. The first kappa shape index (κ1) is 32.3. The Kier molecular flexibility index (Phi) is 8.21. The number of para-hydroxylation sites is 1. The third kappa shape index (κ3) is 6.09.